The van der Waals surface area contributed by atoms with E-state index in [0.29, 0.717) is 24.3 Å². The summed E-state index contributed by atoms with van der Waals surface area (Å²) in [5.74, 6) is 0.654. The second-order valence-corrected chi connectivity index (χ2v) is 9.50. The maximum Gasteiger partial charge on any atom is 0.311 e. The van der Waals surface area contributed by atoms with E-state index < -0.39 is 0 Å². The molecule has 0 aliphatic carbocycles. The number of hydrogen-bond donors (Lipinski definition) is 1. The Hall–Kier alpha value is -3.60. The summed E-state index contributed by atoms with van der Waals surface area (Å²) >= 11 is 0. The van der Waals surface area contributed by atoms with Gasteiger partial charge in [-0.05, 0) is 84.8 Å². The number of benzene rings is 3. The third-order valence-electron chi connectivity index (χ3n) is 5.50. The van der Waals surface area contributed by atoms with Gasteiger partial charge in [0.25, 0.3) is 5.91 Å². The van der Waals surface area contributed by atoms with Gasteiger partial charge in [0.2, 0.25) is 0 Å². The van der Waals surface area contributed by atoms with E-state index in [0.717, 1.165) is 22.6 Å². The van der Waals surface area contributed by atoms with Crippen molar-refractivity contribution in [1.82, 2.24) is 0 Å². The van der Waals surface area contributed by atoms with Crippen LogP contribution in [0.25, 0.3) is 0 Å². The topological polar surface area (TPSA) is 64.6 Å². The first kappa shape index (κ1) is 25.0. The minimum Gasteiger partial charge on any atom is -0.494 e. The van der Waals surface area contributed by atoms with E-state index in [1.165, 1.54) is 5.56 Å². The fourth-order valence-electron chi connectivity index (χ4n) is 3.38. The van der Waals surface area contributed by atoms with E-state index in [9.17, 15) is 9.59 Å². The van der Waals surface area contributed by atoms with Crippen LogP contribution >= 0.6 is 0 Å². The van der Waals surface area contributed by atoms with Crippen LogP contribution in [-0.4, -0.2) is 18.5 Å². The SMILES string of the molecule is Cc1ccc(C)c(NC(=O)c2ccc(OC(=O)CCCOc3ccc(C(C)(C)C)cc3)cc2)c1. The molecule has 5 heteroatoms. The van der Waals surface area contributed by atoms with Gasteiger partial charge in [-0.2, -0.15) is 0 Å². The molecule has 0 aliphatic heterocycles. The first-order valence-corrected chi connectivity index (χ1v) is 11.5. The molecular formula is C29H33NO4. The van der Waals surface area contributed by atoms with Crippen LogP contribution in [0, 0.1) is 13.8 Å². The molecule has 0 aromatic heterocycles. The average molecular weight is 460 g/mol. The number of ether oxygens (including phenoxy) is 2. The fourth-order valence-corrected chi connectivity index (χ4v) is 3.38. The standard InChI is InChI=1S/C29H33NO4/c1-20-8-9-21(2)26(19-20)30-28(32)22-10-14-25(15-11-22)34-27(31)7-6-18-33-24-16-12-23(13-17-24)29(3,4)5/h8-17,19H,6-7,18H2,1-5H3,(H,30,32). The van der Waals surface area contributed by atoms with Crippen molar-refractivity contribution < 1.29 is 19.1 Å². The zero-order chi connectivity index (χ0) is 24.7. The molecule has 5 nitrogen and oxygen atoms in total. The van der Waals surface area contributed by atoms with Gasteiger partial charge in [-0.25, -0.2) is 0 Å². The van der Waals surface area contributed by atoms with Crippen molar-refractivity contribution in [3.05, 3.63) is 89.0 Å². The first-order chi connectivity index (χ1) is 16.1. The van der Waals surface area contributed by atoms with Crippen molar-refractivity contribution in [2.24, 2.45) is 0 Å². The summed E-state index contributed by atoms with van der Waals surface area (Å²) in [4.78, 5) is 24.7. The van der Waals surface area contributed by atoms with Crippen LogP contribution in [0.3, 0.4) is 0 Å². The van der Waals surface area contributed by atoms with Crippen LogP contribution in [0.4, 0.5) is 5.69 Å². The largest absolute Gasteiger partial charge is 0.494 e. The highest BCUT2D eigenvalue weighted by atomic mass is 16.5. The number of carbonyl (C=O) groups is 2. The van der Waals surface area contributed by atoms with Gasteiger partial charge in [-0.3, -0.25) is 9.59 Å². The number of amides is 1. The molecule has 34 heavy (non-hydrogen) atoms. The van der Waals surface area contributed by atoms with E-state index in [1.807, 2.05) is 44.2 Å². The number of nitrogens with one attached hydrogen (secondary N) is 1. The lowest BCUT2D eigenvalue weighted by atomic mass is 9.87. The summed E-state index contributed by atoms with van der Waals surface area (Å²) in [5, 5.41) is 2.93. The summed E-state index contributed by atoms with van der Waals surface area (Å²) in [7, 11) is 0. The molecule has 0 bridgehead atoms. The highest BCUT2D eigenvalue weighted by Gasteiger charge is 2.13. The second kappa shape index (κ2) is 11.0. The maximum absolute atomic E-state index is 12.5. The van der Waals surface area contributed by atoms with Crippen LogP contribution in [0.2, 0.25) is 0 Å². The average Bonchev–Trinajstić information content (AvgIpc) is 2.79. The molecule has 1 amide bonds. The Morgan fingerprint density at radius 1 is 0.853 bits per heavy atom. The fraction of sp³-hybridized carbons (Fsp3) is 0.310. The summed E-state index contributed by atoms with van der Waals surface area (Å²) < 4.78 is 11.1. The summed E-state index contributed by atoms with van der Waals surface area (Å²) in [6.07, 6.45) is 0.797. The zero-order valence-corrected chi connectivity index (χ0v) is 20.6. The highest BCUT2D eigenvalue weighted by Crippen LogP contribution is 2.24. The number of hydrogen-bond acceptors (Lipinski definition) is 4. The molecule has 0 spiro atoms. The maximum atomic E-state index is 12.5. The molecule has 0 fully saturated rings. The molecule has 0 atom stereocenters. The normalized spacial score (nSPS) is 11.1. The van der Waals surface area contributed by atoms with Crippen molar-refractivity contribution in [2.45, 2.75) is 52.9 Å². The quantitative estimate of drug-likeness (QED) is 0.234. The Labute approximate surface area is 202 Å². The van der Waals surface area contributed by atoms with E-state index in [2.05, 4.69) is 38.2 Å². The third kappa shape index (κ3) is 7.20. The molecule has 0 heterocycles. The Kier molecular flexibility index (Phi) is 8.11. The number of anilines is 1. The minimum atomic E-state index is -0.334. The lowest BCUT2D eigenvalue weighted by molar-refractivity contribution is -0.134. The van der Waals surface area contributed by atoms with Crippen molar-refractivity contribution >= 4 is 17.6 Å². The van der Waals surface area contributed by atoms with Gasteiger partial charge in [-0.15, -0.1) is 0 Å². The predicted octanol–water partition coefficient (Wildman–Crippen LogP) is 6.62. The summed E-state index contributed by atoms with van der Waals surface area (Å²) in [6.45, 7) is 10.9. The van der Waals surface area contributed by atoms with Gasteiger partial charge < -0.3 is 14.8 Å². The predicted molar refractivity (Wildman–Crippen MR) is 136 cm³/mol. The zero-order valence-electron chi connectivity index (χ0n) is 20.6. The van der Waals surface area contributed by atoms with E-state index in [-0.39, 0.29) is 23.7 Å². The van der Waals surface area contributed by atoms with Crippen LogP contribution in [-0.2, 0) is 10.2 Å². The monoisotopic (exact) mass is 459 g/mol. The molecule has 0 saturated heterocycles. The van der Waals surface area contributed by atoms with Crippen LogP contribution in [0.15, 0.2) is 66.7 Å². The molecular weight excluding hydrogens is 426 g/mol. The molecule has 178 valence electrons. The lowest BCUT2D eigenvalue weighted by Gasteiger charge is -2.19. The van der Waals surface area contributed by atoms with Crippen LogP contribution in [0.1, 0.15) is 60.7 Å². The van der Waals surface area contributed by atoms with E-state index >= 15 is 0 Å². The minimum absolute atomic E-state index is 0.102. The molecule has 0 unspecified atom stereocenters. The van der Waals surface area contributed by atoms with Gasteiger partial charge in [0.1, 0.15) is 11.5 Å². The highest BCUT2D eigenvalue weighted by molar-refractivity contribution is 6.04. The van der Waals surface area contributed by atoms with Gasteiger partial charge >= 0.3 is 5.97 Å². The van der Waals surface area contributed by atoms with Gasteiger partial charge in [0.05, 0.1) is 6.61 Å². The van der Waals surface area contributed by atoms with Gasteiger partial charge in [0.15, 0.2) is 0 Å². The lowest BCUT2D eigenvalue weighted by Crippen LogP contribution is -2.13. The third-order valence-corrected chi connectivity index (χ3v) is 5.50. The Bertz CT molecular complexity index is 1130. The number of rotatable bonds is 8. The smallest absolute Gasteiger partial charge is 0.311 e. The Morgan fingerprint density at radius 3 is 2.15 bits per heavy atom. The number of esters is 1. The van der Waals surface area contributed by atoms with E-state index in [4.69, 9.17) is 9.47 Å². The number of aryl methyl sites for hydroxylation is 2. The molecule has 3 aromatic carbocycles. The van der Waals surface area contributed by atoms with Crippen LogP contribution in [0.5, 0.6) is 11.5 Å². The Morgan fingerprint density at radius 2 is 1.50 bits per heavy atom. The molecule has 3 aromatic rings. The first-order valence-electron chi connectivity index (χ1n) is 11.5. The van der Waals surface area contributed by atoms with Gasteiger partial charge in [-0.1, -0.05) is 45.0 Å². The molecule has 1 N–H and O–H groups in total. The summed E-state index contributed by atoms with van der Waals surface area (Å²) in [5.41, 5.74) is 4.70. The molecule has 0 radical (unpaired) electrons. The molecule has 3 rings (SSSR count). The van der Waals surface area contributed by atoms with Crippen molar-refractivity contribution in [3.8, 4) is 11.5 Å². The second-order valence-electron chi connectivity index (χ2n) is 9.50. The van der Waals surface area contributed by atoms with Gasteiger partial charge in [0, 0.05) is 17.7 Å². The molecule has 0 aliphatic rings. The molecule has 0 saturated carbocycles. The number of carbonyl (C=O) groups excluding carboxylic acids is 2. The van der Waals surface area contributed by atoms with Crippen LogP contribution < -0.4 is 14.8 Å². The van der Waals surface area contributed by atoms with Crippen molar-refractivity contribution in [3.63, 3.8) is 0 Å². The Balaban J connectivity index is 1.43. The van der Waals surface area contributed by atoms with Crippen molar-refractivity contribution in [2.75, 3.05) is 11.9 Å². The van der Waals surface area contributed by atoms with Crippen molar-refractivity contribution in [1.29, 1.82) is 0 Å². The van der Waals surface area contributed by atoms with E-state index in [1.54, 1.807) is 24.3 Å². The summed E-state index contributed by atoms with van der Waals surface area (Å²) in [6, 6.07) is 20.5.